The number of hydrogen-bond donors (Lipinski definition) is 0. The third-order valence-corrected chi connectivity index (χ3v) is 2.70. The third-order valence-electron chi connectivity index (χ3n) is 1.96. The third kappa shape index (κ3) is 2.85. The Hall–Kier alpha value is -0.280. The molecule has 1 unspecified atom stereocenters. The molecule has 1 saturated heterocycles. The van der Waals surface area contributed by atoms with E-state index in [2.05, 4.69) is 0 Å². The summed E-state index contributed by atoms with van der Waals surface area (Å²) in [6.07, 6.45) is 0.303. The summed E-state index contributed by atoms with van der Waals surface area (Å²) in [5, 5.41) is 1.14. The number of hydrogen-bond acceptors (Lipinski definition) is 2. The molecule has 1 atom stereocenters. The first-order valence-electron chi connectivity index (χ1n) is 4.39. The molecular formula is C10H10Cl2O2. The standard InChI is InChI=1S/C10H10Cl2O2/c11-9-2-1-7(3-10(9)12)4-13-5-8-6-14-8/h1-3,8H,4-6H2. The highest BCUT2D eigenvalue weighted by atomic mass is 35.5. The highest BCUT2D eigenvalue weighted by Gasteiger charge is 2.22. The van der Waals surface area contributed by atoms with Crippen LogP contribution >= 0.6 is 23.2 Å². The minimum Gasteiger partial charge on any atom is -0.374 e. The van der Waals surface area contributed by atoms with Gasteiger partial charge in [-0.05, 0) is 17.7 Å². The second kappa shape index (κ2) is 4.49. The van der Waals surface area contributed by atoms with Gasteiger partial charge in [-0.2, -0.15) is 0 Å². The lowest BCUT2D eigenvalue weighted by atomic mass is 10.2. The Balaban J connectivity index is 1.85. The molecule has 14 heavy (non-hydrogen) atoms. The van der Waals surface area contributed by atoms with Crippen molar-refractivity contribution in [3.8, 4) is 0 Å². The van der Waals surface area contributed by atoms with Crippen LogP contribution in [-0.2, 0) is 16.1 Å². The van der Waals surface area contributed by atoms with Crippen molar-refractivity contribution in [2.24, 2.45) is 0 Å². The van der Waals surface area contributed by atoms with Crippen LogP contribution in [0.25, 0.3) is 0 Å². The molecule has 0 bridgehead atoms. The van der Waals surface area contributed by atoms with Crippen LogP contribution in [0.2, 0.25) is 10.0 Å². The van der Waals surface area contributed by atoms with Crippen molar-refractivity contribution in [3.63, 3.8) is 0 Å². The first-order valence-corrected chi connectivity index (χ1v) is 5.14. The van der Waals surface area contributed by atoms with Crippen molar-refractivity contribution >= 4 is 23.2 Å². The first-order chi connectivity index (χ1) is 6.75. The maximum atomic E-state index is 5.86. The van der Waals surface area contributed by atoms with Crippen LogP contribution in [-0.4, -0.2) is 19.3 Å². The lowest BCUT2D eigenvalue weighted by Crippen LogP contribution is -2.01. The van der Waals surface area contributed by atoms with E-state index in [9.17, 15) is 0 Å². The fraction of sp³-hybridized carbons (Fsp3) is 0.400. The number of halogens is 2. The Kier molecular flexibility index (Phi) is 3.29. The number of benzene rings is 1. The summed E-state index contributed by atoms with van der Waals surface area (Å²) in [7, 11) is 0. The number of epoxide rings is 1. The van der Waals surface area contributed by atoms with E-state index in [1.54, 1.807) is 6.07 Å². The first kappa shape index (κ1) is 10.2. The monoisotopic (exact) mass is 232 g/mol. The molecular weight excluding hydrogens is 223 g/mol. The summed E-state index contributed by atoms with van der Waals surface area (Å²) in [5.74, 6) is 0. The maximum Gasteiger partial charge on any atom is 0.104 e. The van der Waals surface area contributed by atoms with Crippen molar-refractivity contribution in [1.82, 2.24) is 0 Å². The Morgan fingerprint density at radius 3 is 2.79 bits per heavy atom. The van der Waals surface area contributed by atoms with E-state index in [-0.39, 0.29) is 0 Å². The van der Waals surface area contributed by atoms with Crippen LogP contribution in [0.5, 0.6) is 0 Å². The van der Waals surface area contributed by atoms with Crippen LogP contribution in [0, 0.1) is 0 Å². The van der Waals surface area contributed by atoms with Crippen LogP contribution in [0.3, 0.4) is 0 Å². The predicted molar refractivity (Wildman–Crippen MR) is 55.9 cm³/mol. The molecule has 1 fully saturated rings. The molecule has 1 aromatic carbocycles. The summed E-state index contributed by atoms with van der Waals surface area (Å²) < 4.78 is 10.4. The normalized spacial score (nSPS) is 19.7. The van der Waals surface area contributed by atoms with Gasteiger partial charge in [0.05, 0.1) is 29.9 Å². The molecule has 0 spiro atoms. The highest BCUT2D eigenvalue weighted by Crippen LogP contribution is 2.23. The molecule has 1 aliphatic heterocycles. The van der Waals surface area contributed by atoms with Crippen molar-refractivity contribution in [2.45, 2.75) is 12.7 Å². The molecule has 0 saturated carbocycles. The second-order valence-corrected chi connectivity index (χ2v) is 4.03. The zero-order chi connectivity index (χ0) is 9.97. The number of rotatable bonds is 4. The van der Waals surface area contributed by atoms with Gasteiger partial charge < -0.3 is 9.47 Å². The molecule has 76 valence electrons. The van der Waals surface area contributed by atoms with Crippen LogP contribution in [0.4, 0.5) is 0 Å². The van der Waals surface area contributed by atoms with Crippen molar-refractivity contribution in [3.05, 3.63) is 33.8 Å². The average molecular weight is 233 g/mol. The molecule has 0 N–H and O–H groups in total. The van der Waals surface area contributed by atoms with Gasteiger partial charge in [0.2, 0.25) is 0 Å². The van der Waals surface area contributed by atoms with Gasteiger partial charge in [0.25, 0.3) is 0 Å². The highest BCUT2D eigenvalue weighted by molar-refractivity contribution is 6.41. The van der Waals surface area contributed by atoms with Gasteiger partial charge in [-0.1, -0.05) is 29.3 Å². The Morgan fingerprint density at radius 2 is 2.14 bits per heavy atom. The lowest BCUT2D eigenvalue weighted by Gasteiger charge is -2.03. The molecule has 2 rings (SSSR count). The van der Waals surface area contributed by atoms with E-state index < -0.39 is 0 Å². The summed E-state index contributed by atoms with van der Waals surface area (Å²) >= 11 is 11.6. The Labute approximate surface area is 92.7 Å². The fourth-order valence-corrected chi connectivity index (χ4v) is 1.42. The van der Waals surface area contributed by atoms with E-state index >= 15 is 0 Å². The predicted octanol–water partition coefficient (Wildman–Crippen LogP) is 2.91. The van der Waals surface area contributed by atoms with Gasteiger partial charge in [0.15, 0.2) is 0 Å². The van der Waals surface area contributed by atoms with Gasteiger partial charge >= 0.3 is 0 Å². The van der Waals surface area contributed by atoms with Gasteiger partial charge in [-0.25, -0.2) is 0 Å². The Bertz CT molecular complexity index is 324. The quantitative estimate of drug-likeness (QED) is 0.746. The molecule has 0 aliphatic carbocycles. The SMILES string of the molecule is Clc1ccc(COCC2CO2)cc1Cl. The minimum atomic E-state index is 0.303. The van der Waals surface area contributed by atoms with Crippen molar-refractivity contribution in [2.75, 3.05) is 13.2 Å². The van der Waals surface area contributed by atoms with E-state index in [1.807, 2.05) is 12.1 Å². The van der Waals surface area contributed by atoms with Gasteiger partial charge in [-0.15, -0.1) is 0 Å². The topological polar surface area (TPSA) is 21.8 Å². The van der Waals surface area contributed by atoms with Gasteiger partial charge in [-0.3, -0.25) is 0 Å². The van der Waals surface area contributed by atoms with E-state index in [0.717, 1.165) is 12.2 Å². The molecule has 2 nitrogen and oxygen atoms in total. The van der Waals surface area contributed by atoms with E-state index in [1.165, 1.54) is 0 Å². The maximum absolute atomic E-state index is 5.86. The minimum absolute atomic E-state index is 0.303. The molecule has 4 heteroatoms. The van der Waals surface area contributed by atoms with Gasteiger partial charge in [0, 0.05) is 0 Å². The van der Waals surface area contributed by atoms with Crippen molar-refractivity contribution in [1.29, 1.82) is 0 Å². The molecule has 1 heterocycles. The molecule has 0 amide bonds. The lowest BCUT2D eigenvalue weighted by molar-refractivity contribution is 0.104. The van der Waals surface area contributed by atoms with Crippen LogP contribution < -0.4 is 0 Å². The summed E-state index contributed by atoms with van der Waals surface area (Å²) in [5.41, 5.74) is 1.03. The fourth-order valence-electron chi connectivity index (χ4n) is 1.10. The molecule has 0 radical (unpaired) electrons. The largest absolute Gasteiger partial charge is 0.374 e. The molecule has 1 aromatic rings. The van der Waals surface area contributed by atoms with Crippen LogP contribution in [0.1, 0.15) is 5.56 Å². The van der Waals surface area contributed by atoms with Crippen molar-refractivity contribution < 1.29 is 9.47 Å². The zero-order valence-corrected chi connectivity index (χ0v) is 9.02. The summed E-state index contributed by atoms with van der Waals surface area (Å²) in [6, 6.07) is 5.50. The zero-order valence-electron chi connectivity index (χ0n) is 7.50. The van der Waals surface area contributed by atoms with Gasteiger partial charge in [0.1, 0.15) is 6.10 Å². The average Bonchev–Trinajstić information content (AvgIpc) is 2.95. The summed E-state index contributed by atoms with van der Waals surface area (Å²) in [6.45, 7) is 2.03. The number of ether oxygens (including phenoxy) is 2. The van der Waals surface area contributed by atoms with E-state index in [0.29, 0.717) is 29.4 Å². The summed E-state index contributed by atoms with van der Waals surface area (Å²) in [4.78, 5) is 0. The second-order valence-electron chi connectivity index (χ2n) is 3.22. The molecule has 1 aliphatic rings. The van der Waals surface area contributed by atoms with Crippen LogP contribution in [0.15, 0.2) is 18.2 Å². The smallest absolute Gasteiger partial charge is 0.104 e. The molecule has 0 aromatic heterocycles. The van der Waals surface area contributed by atoms with E-state index in [4.69, 9.17) is 32.7 Å². The Morgan fingerprint density at radius 1 is 1.36 bits per heavy atom.